The number of aliphatic hydroxyl groups excluding tert-OH is 1. The molecule has 4 nitrogen and oxygen atoms in total. The van der Waals surface area contributed by atoms with Gasteiger partial charge in [0.1, 0.15) is 6.61 Å². The molecule has 1 aromatic rings. The van der Waals surface area contributed by atoms with Gasteiger partial charge in [-0.05, 0) is 25.7 Å². The van der Waals surface area contributed by atoms with Crippen molar-refractivity contribution in [2.45, 2.75) is 44.5 Å². The summed E-state index contributed by atoms with van der Waals surface area (Å²) in [5.41, 5.74) is 0. The van der Waals surface area contributed by atoms with Gasteiger partial charge in [-0.25, -0.2) is 0 Å². The van der Waals surface area contributed by atoms with E-state index in [1.807, 2.05) is 0 Å². The van der Waals surface area contributed by atoms with E-state index in [-0.39, 0.29) is 12.2 Å². The molecule has 1 aliphatic carbocycles. The number of rotatable bonds is 3. The monoisotopic (exact) mass is 197 g/mol. The van der Waals surface area contributed by atoms with Crippen LogP contribution in [0.2, 0.25) is 0 Å². The van der Waals surface area contributed by atoms with Gasteiger partial charge in [-0.1, -0.05) is 5.16 Å². The van der Waals surface area contributed by atoms with E-state index < -0.39 is 0 Å². The molecule has 1 N–H and O–H groups in total. The summed E-state index contributed by atoms with van der Waals surface area (Å²) in [4.78, 5) is 0. The van der Waals surface area contributed by atoms with Gasteiger partial charge in [-0.2, -0.15) is 0 Å². The van der Waals surface area contributed by atoms with Gasteiger partial charge in [0.15, 0.2) is 5.76 Å². The molecule has 1 aliphatic rings. The highest BCUT2D eigenvalue weighted by atomic mass is 16.5. The van der Waals surface area contributed by atoms with Gasteiger partial charge in [0.25, 0.3) is 0 Å². The first-order valence-corrected chi connectivity index (χ1v) is 5.04. The molecule has 4 heteroatoms. The lowest BCUT2D eigenvalue weighted by Crippen LogP contribution is -2.24. The van der Waals surface area contributed by atoms with Gasteiger partial charge in [-0.3, -0.25) is 0 Å². The number of nitrogens with zero attached hydrogens (tertiary/aromatic N) is 1. The third kappa shape index (κ3) is 2.56. The molecular formula is C10H15NO3. The van der Waals surface area contributed by atoms with E-state index in [1.54, 1.807) is 12.3 Å². The van der Waals surface area contributed by atoms with Crippen LogP contribution in [0.25, 0.3) is 0 Å². The van der Waals surface area contributed by atoms with E-state index in [2.05, 4.69) is 5.16 Å². The second-order valence-corrected chi connectivity index (χ2v) is 3.72. The Morgan fingerprint density at radius 1 is 1.43 bits per heavy atom. The van der Waals surface area contributed by atoms with Gasteiger partial charge < -0.3 is 14.4 Å². The molecule has 0 aliphatic heterocycles. The van der Waals surface area contributed by atoms with Crippen LogP contribution in [-0.4, -0.2) is 22.5 Å². The zero-order chi connectivity index (χ0) is 9.80. The van der Waals surface area contributed by atoms with E-state index in [1.165, 1.54) is 0 Å². The van der Waals surface area contributed by atoms with Crippen LogP contribution < -0.4 is 0 Å². The number of aliphatic hydroxyl groups is 1. The molecule has 14 heavy (non-hydrogen) atoms. The van der Waals surface area contributed by atoms with Crippen molar-refractivity contribution >= 4 is 0 Å². The minimum atomic E-state index is -0.125. The predicted octanol–water partition coefficient (Wildman–Crippen LogP) is 1.49. The summed E-state index contributed by atoms with van der Waals surface area (Å²) >= 11 is 0. The maximum absolute atomic E-state index is 9.30. The molecule has 1 fully saturated rings. The Labute approximate surface area is 82.9 Å². The summed E-state index contributed by atoms with van der Waals surface area (Å²) < 4.78 is 10.6. The molecular weight excluding hydrogens is 182 g/mol. The van der Waals surface area contributed by atoms with Crippen molar-refractivity contribution in [2.75, 3.05) is 0 Å². The molecule has 0 atom stereocenters. The topological polar surface area (TPSA) is 55.5 Å². The fourth-order valence-electron chi connectivity index (χ4n) is 1.73. The quantitative estimate of drug-likeness (QED) is 0.797. The van der Waals surface area contributed by atoms with Crippen molar-refractivity contribution in [3.63, 3.8) is 0 Å². The molecule has 0 radical (unpaired) electrons. The zero-order valence-electron chi connectivity index (χ0n) is 8.06. The summed E-state index contributed by atoms with van der Waals surface area (Å²) in [5.74, 6) is 0.760. The second kappa shape index (κ2) is 4.57. The van der Waals surface area contributed by atoms with E-state index >= 15 is 0 Å². The first-order valence-electron chi connectivity index (χ1n) is 5.04. The van der Waals surface area contributed by atoms with Gasteiger partial charge in [-0.15, -0.1) is 0 Å². The third-order valence-corrected chi connectivity index (χ3v) is 2.60. The lowest BCUT2D eigenvalue weighted by Gasteiger charge is -2.24. The van der Waals surface area contributed by atoms with Crippen LogP contribution in [0.3, 0.4) is 0 Å². The Kier molecular flexibility index (Phi) is 3.16. The highest BCUT2D eigenvalue weighted by Gasteiger charge is 2.19. The fraction of sp³-hybridized carbons (Fsp3) is 0.700. The lowest BCUT2D eigenvalue weighted by molar-refractivity contribution is -0.0188. The van der Waals surface area contributed by atoms with Crippen molar-refractivity contribution in [3.05, 3.63) is 18.0 Å². The first kappa shape index (κ1) is 9.68. The maximum atomic E-state index is 9.30. The molecule has 1 aromatic heterocycles. The molecule has 0 saturated heterocycles. The Balaban J connectivity index is 1.71. The van der Waals surface area contributed by atoms with Crippen molar-refractivity contribution in [2.24, 2.45) is 0 Å². The fourth-order valence-corrected chi connectivity index (χ4v) is 1.73. The summed E-state index contributed by atoms with van der Waals surface area (Å²) in [6.07, 6.45) is 5.33. The average molecular weight is 197 g/mol. The average Bonchev–Trinajstić information content (AvgIpc) is 2.70. The summed E-state index contributed by atoms with van der Waals surface area (Å²) in [7, 11) is 0. The molecule has 0 unspecified atom stereocenters. The second-order valence-electron chi connectivity index (χ2n) is 3.72. The van der Waals surface area contributed by atoms with Gasteiger partial charge in [0, 0.05) is 6.07 Å². The Hall–Kier alpha value is -0.870. The van der Waals surface area contributed by atoms with Crippen LogP contribution in [0.5, 0.6) is 0 Å². The van der Waals surface area contributed by atoms with Crippen LogP contribution in [0.15, 0.2) is 16.8 Å². The molecule has 0 amide bonds. The summed E-state index contributed by atoms with van der Waals surface area (Å²) in [6.45, 7) is 0.487. The molecule has 1 heterocycles. The smallest absolute Gasteiger partial charge is 0.162 e. The Morgan fingerprint density at radius 2 is 2.21 bits per heavy atom. The van der Waals surface area contributed by atoms with E-state index in [0.717, 1.165) is 31.4 Å². The highest BCUT2D eigenvalue weighted by molar-refractivity contribution is 4.90. The van der Waals surface area contributed by atoms with Crippen LogP contribution in [0.1, 0.15) is 31.4 Å². The molecule has 2 rings (SSSR count). The minimum Gasteiger partial charge on any atom is -0.393 e. The minimum absolute atomic E-state index is 0.125. The number of aromatic nitrogens is 1. The van der Waals surface area contributed by atoms with Crippen LogP contribution in [-0.2, 0) is 11.3 Å². The number of hydrogen-bond donors (Lipinski definition) is 1. The van der Waals surface area contributed by atoms with Crippen LogP contribution in [0, 0.1) is 0 Å². The van der Waals surface area contributed by atoms with Crippen molar-refractivity contribution in [1.29, 1.82) is 0 Å². The van der Waals surface area contributed by atoms with Crippen molar-refractivity contribution in [1.82, 2.24) is 5.16 Å². The Morgan fingerprint density at radius 3 is 2.86 bits per heavy atom. The molecule has 0 aromatic carbocycles. The first-order chi connectivity index (χ1) is 6.84. The molecule has 1 saturated carbocycles. The molecule has 0 bridgehead atoms. The summed E-state index contributed by atoms with van der Waals surface area (Å²) in [5, 5.41) is 12.9. The van der Waals surface area contributed by atoms with Crippen LogP contribution >= 0.6 is 0 Å². The normalized spacial score (nSPS) is 27.8. The lowest BCUT2D eigenvalue weighted by atomic mass is 9.95. The SMILES string of the molecule is OC1CCC(OCc2ccno2)CC1. The summed E-state index contributed by atoms with van der Waals surface area (Å²) in [6, 6.07) is 1.80. The standard InChI is InChI=1S/C10H15NO3/c12-8-1-3-9(4-2-8)13-7-10-5-6-11-14-10/h5-6,8-9,12H,1-4,7H2. The number of ether oxygens (including phenoxy) is 1. The third-order valence-electron chi connectivity index (χ3n) is 2.60. The highest BCUT2D eigenvalue weighted by Crippen LogP contribution is 2.21. The van der Waals surface area contributed by atoms with E-state index in [9.17, 15) is 5.11 Å². The van der Waals surface area contributed by atoms with Gasteiger partial charge >= 0.3 is 0 Å². The number of hydrogen-bond acceptors (Lipinski definition) is 4. The van der Waals surface area contributed by atoms with E-state index in [0.29, 0.717) is 6.61 Å². The van der Waals surface area contributed by atoms with Crippen LogP contribution in [0.4, 0.5) is 0 Å². The van der Waals surface area contributed by atoms with Gasteiger partial charge in [0.2, 0.25) is 0 Å². The Bertz CT molecular complexity index is 252. The molecule has 78 valence electrons. The van der Waals surface area contributed by atoms with Crippen molar-refractivity contribution < 1.29 is 14.4 Å². The van der Waals surface area contributed by atoms with E-state index in [4.69, 9.17) is 9.26 Å². The largest absolute Gasteiger partial charge is 0.393 e. The predicted molar refractivity (Wildman–Crippen MR) is 49.6 cm³/mol. The van der Waals surface area contributed by atoms with Gasteiger partial charge in [0.05, 0.1) is 18.4 Å². The molecule has 0 spiro atoms. The van der Waals surface area contributed by atoms with Crippen molar-refractivity contribution in [3.8, 4) is 0 Å². The zero-order valence-corrected chi connectivity index (χ0v) is 8.06. The maximum Gasteiger partial charge on any atom is 0.162 e.